The molecule has 2 heterocycles. The monoisotopic (exact) mass is 323 g/mol. The topological polar surface area (TPSA) is 20.3 Å². The number of amides is 1. The number of nitrogens with zero attached hydrogens (tertiary/aromatic N) is 1. The van der Waals surface area contributed by atoms with Crippen LogP contribution in [-0.2, 0) is 6.42 Å². The molecule has 1 aliphatic heterocycles. The van der Waals surface area contributed by atoms with Crippen molar-refractivity contribution in [2.24, 2.45) is 0 Å². The number of halogens is 2. The van der Waals surface area contributed by atoms with Gasteiger partial charge in [-0.3, -0.25) is 4.79 Å². The number of fused-ring (bicyclic) bond motifs is 1. The van der Waals surface area contributed by atoms with Crippen LogP contribution in [0.2, 0.25) is 5.02 Å². The first kappa shape index (κ1) is 14.5. The second-order valence-corrected chi connectivity index (χ2v) is 6.50. The molecule has 0 bridgehead atoms. The minimum absolute atomic E-state index is 0.0774. The van der Waals surface area contributed by atoms with Crippen LogP contribution in [0.25, 0.3) is 0 Å². The van der Waals surface area contributed by atoms with E-state index in [4.69, 9.17) is 11.6 Å². The summed E-state index contributed by atoms with van der Waals surface area (Å²) in [5.41, 5.74) is 1.61. The third kappa shape index (κ3) is 2.58. The standard InChI is InChI=1S/C16H15ClFNOS/c1-2-14-12-6-8-21-15(12)5-7-19(14)16(20)11-4-3-10(18)9-13(11)17/h3-4,6,8-9,14H,2,5,7H2,1H3. The zero-order valence-corrected chi connectivity index (χ0v) is 13.2. The van der Waals surface area contributed by atoms with E-state index in [1.54, 1.807) is 11.3 Å². The van der Waals surface area contributed by atoms with Gasteiger partial charge in [-0.15, -0.1) is 11.3 Å². The highest BCUT2D eigenvalue weighted by atomic mass is 35.5. The average Bonchev–Trinajstić information content (AvgIpc) is 2.94. The molecule has 0 saturated carbocycles. The number of carbonyl (C=O) groups is 1. The number of hydrogen-bond acceptors (Lipinski definition) is 2. The van der Waals surface area contributed by atoms with Crippen molar-refractivity contribution in [3.63, 3.8) is 0 Å². The van der Waals surface area contributed by atoms with Crippen LogP contribution in [0, 0.1) is 5.82 Å². The van der Waals surface area contributed by atoms with E-state index in [0.29, 0.717) is 12.1 Å². The van der Waals surface area contributed by atoms with Crippen molar-refractivity contribution in [3.05, 3.63) is 56.5 Å². The summed E-state index contributed by atoms with van der Waals surface area (Å²) < 4.78 is 13.1. The first-order valence-corrected chi connectivity index (χ1v) is 8.20. The molecule has 21 heavy (non-hydrogen) atoms. The summed E-state index contributed by atoms with van der Waals surface area (Å²) in [5, 5.41) is 2.25. The van der Waals surface area contributed by atoms with E-state index >= 15 is 0 Å². The molecule has 1 unspecified atom stereocenters. The van der Waals surface area contributed by atoms with Crippen LogP contribution in [0.1, 0.15) is 40.2 Å². The van der Waals surface area contributed by atoms with Crippen molar-refractivity contribution in [1.82, 2.24) is 4.90 Å². The summed E-state index contributed by atoms with van der Waals surface area (Å²) in [7, 11) is 0. The zero-order chi connectivity index (χ0) is 15.0. The zero-order valence-electron chi connectivity index (χ0n) is 11.6. The van der Waals surface area contributed by atoms with Crippen LogP contribution in [-0.4, -0.2) is 17.4 Å². The van der Waals surface area contributed by atoms with Crippen molar-refractivity contribution in [3.8, 4) is 0 Å². The molecule has 1 amide bonds. The number of hydrogen-bond donors (Lipinski definition) is 0. The largest absolute Gasteiger partial charge is 0.331 e. The molecule has 1 aliphatic rings. The summed E-state index contributed by atoms with van der Waals surface area (Å²) in [6.45, 7) is 2.75. The van der Waals surface area contributed by atoms with E-state index < -0.39 is 5.82 Å². The maximum absolute atomic E-state index is 13.1. The Morgan fingerprint density at radius 1 is 1.48 bits per heavy atom. The molecule has 0 aliphatic carbocycles. The third-order valence-electron chi connectivity index (χ3n) is 3.90. The van der Waals surface area contributed by atoms with Gasteiger partial charge in [-0.05, 0) is 48.1 Å². The molecule has 0 spiro atoms. The smallest absolute Gasteiger partial charge is 0.255 e. The Bertz CT molecular complexity index is 685. The molecule has 1 aromatic heterocycles. The first-order chi connectivity index (χ1) is 10.1. The fraction of sp³-hybridized carbons (Fsp3) is 0.312. The van der Waals surface area contributed by atoms with E-state index in [1.165, 1.54) is 28.6 Å². The fourth-order valence-corrected chi connectivity index (χ4v) is 4.07. The van der Waals surface area contributed by atoms with E-state index in [9.17, 15) is 9.18 Å². The molecule has 0 fully saturated rings. The lowest BCUT2D eigenvalue weighted by atomic mass is 9.97. The Morgan fingerprint density at radius 2 is 2.29 bits per heavy atom. The highest BCUT2D eigenvalue weighted by Gasteiger charge is 2.31. The predicted octanol–water partition coefficient (Wildman–Crippen LogP) is 4.69. The van der Waals surface area contributed by atoms with Crippen molar-refractivity contribution in [2.75, 3.05) is 6.54 Å². The maximum atomic E-state index is 13.1. The number of carbonyl (C=O) groups excluding carboxylic acids is 1. The normalized spacial score (nSPS) is 17.7. The molecular weight excluding hydrogens is 309 g/mol. The van der Waals surface area contributed by atoms with Gasteiger partial charge in [0.1, 0.15) is 5.82 Å². The van der Waals surface area contributed by atoms with Gasteiger partial charge in [0.25, 0.3) is 5.91 Å². The lowest BCUT2D eigenvalue weighted by Crippen LogP contribution is -2.39. The lowest BCUT2D eigenvalue weighted by molar-refractivity contribution is 0.0657. The quantitative estimate of drug-likeness (QED) is 0.785. The molecule has 0 radical (unpaired) electrons. The van der Waals surface area contributed by atoms with E-state index in [2.05, 4.69) is 18.4 Å². The SMILES string of the molecule is CCC1c2ccsc2CCN1C(=O)c1ccc(F)cc1Cl. The van der Waals surface area contributed by atoms with Gasteiger partial charge in [0, 0.05) is 11.4 Å². The van der Waals surface area contributed by atoms with Crippen LogP contribution in [0.3, 0.4) is 0 Å². The van der Waals surface area contributed by atoms with Gasteiger partial charge in [0.05, 0.1) is 16.6 Å². The van der Waals surface area contributed by atoms with Gasteiger partial charge in [0.2, 0.25) is 0 Å². The Balaban J connectivity index is 1.94. The maximum Gasteiger partial charge on any atom is 0.255 e. The van der Waals surface area contributed by atoms with Gasteiger partial charge < -0.3 is 4.90 Å². The minimum Gasteiger partial charge on any atom is -0.331 e. The second-order valence-electron chi connectivity index (χ2n) is 5.10. The molecule has 2 nitrogen and oxygen atoms in total. The van der Waals surface area contributed by atoms with Gasteiger partial charge in [-0.25, -0.2) is 4.39 Å². The van der Waals surface area contributed by atoms with Gasteiger partial charge in [-0.1, -0.05) is 18.5 Å². The second kappa shape index (κ2) is 5.78. The summed E-state index contributed by atoms with van der Waals surface area (Å²) in [5.74, 6) is -0.550. The summed E-state index contributed by atoms with van der Waals surface area (Å²) in [6.07, 6.45) is 1.72. The van der Waals surface area contributed by atoms with Gasteiger partial charge in [0.15, 0.2) is 0 Å². The molecule has 1 atom stereocenters. The molecule has 110 valence electrons. The molecule has 0 saturated heterocycles. The van der Waals surface area contributed by atoms with Crippen molar-refractivity contribution >= 4 is 28.8 Å². The summed E-state index contributed by atoms with van der Waals surface area (Å²) >= 11 is 7.77. The average molecular weight is 324 g/mol. The van der Waals surface area contributed by atoms with Crippen LogP contribution >= 0.6 is 22.9 Å². The molecule has 1 aromatic carbocycles. The third-order valence-corrected chi connectivity index (χ3v) is 5.21. The molecule has 5 heteroatoms. The minimum atomic E-state index is -0.428. The number of benzene rings is 1. The fourth-order valence-electron chi connectivity index (χ4n) is 2.90. The van der Waals surface area contributed by atoms with Crippen LogP contribution < -0.4 is 0 Å². The highest BCUT2D eigenvalue weighted by Crippen LogP contribution is 2.36. The highest BCUT2D eigenvalue weighted by molar-refractivity contribution is 7.10. The van der Waals surface area contributed by atoms with Crippen LogP contribution in [0.4, 0.5) is 4.39 Å². The Labute approximate surface area is 132 Å². The summed E-state index contributed by atoms with van der Waals surface area (Å²) in [6, 6.07) is 6.11. The summed E-state index contributed by atoms with van der Waals surface area (Å²) in [4.78, 5) is 16.0. The number of thiophene rings is 1. The Kier molecular flexibility index (Phi) is 4.00. The molecule has 0 N–H and O–H groups in total. The van der Waals surface area contributed by atoms with E-state index in [0.717, 1.165) is 12.8 Å². The van der Waals surface area contributed by atoms with Crippen molar-refractivity contribution in [1.29, 1.82) is 0 Å². The number of rotatable bonds is 2. The lowest BCUT2D eigenvalue weighted by Gasteiger charge is -2.35. The Morgan fingerprint density at radius 3 is 3.00 bits per heavy atom. The van der Waals surface area contributed by atoms with Crippen LogP contribution in [0.5, 0.6) is 0 Å². The van der Waals surface area contributed by atoms with E-state index in [-0.39, 0.29) is 17.0 Å². The molecular formula is C16H15ClFNOS. The van der Waals surface area contributed by atoms with Crippen molar-refractivity contribution < 1.29 is 9.18 Å². The molecule has 2 aromatic rings. The molecule has 3 rings (SSSR count). The van der Waals surface area contributed by atoms with E-state index in [1.807, 2.05) is 4.90 Å². The predicted molar refractivity (Wildman–Crippen MR) is 83.5 cm³/mol. The van der Waals surface area contributed by atoms with Gasteiger partial charge >= 0.3 is 0 Å². The first-order valence-electron chi connectivity index (χ1n) is 6.94. The van der Waals surface area contributed by atoms with Crippen molar-refractivity contribution in [2.45, 2.75) is 25.8 Å². The Hall–Kier alpha value is -1.39. The van der Waals surface area contributed by atoms with Crippen LogP contribution in [0.15, 0.2) is 29.6 Å². The van der Waals surface area contributed by atoms with Gasteiger partial charge in [-0.2, -0.15) is 0 Å².